The van der Waals surface area contributed by atoms with Gasteiger partial charge in [0.15, 0.2) is 5.78 Å². The minimum absolute atomic E-state index is 0.0644. The van der Waals surface area contributed by atoms with Crippen molar-refractivity contribution < 1.29 is 13.9 Å². The first-order valence-electron chi connectivity index (χ1n) is 8.06. The van der Waals surface area contributed by atoms with E-state index in [1.807, 2.05) is 80.7 Å². The van der Waals surface area contributed by atoms with Crippen molar-refractivity contribution in [2.45, 2.75) is 6.92 Å². The summed E-state index contributed by atoms with van der Waals surface area (Å²) in [7, 11) is 5.45. The summed E-state index contributed by atoms with van der Waals surface area (Å²) in [5, 5.41) is 0.753. The van der Waals surface area contributed by atoms with E-state index in [4.69, 9.17) is 9.15 Å². The minimum atomic E-state index is -0.0644. The van der Waals surface area contributed by atoms with Gasteiger partial charge < -0.3 is 14.1 Å². The second-order valence-electron chi connectivity index (χ2n) is 6.18. The van der Waals surface area contributed by atoms with Gasteiger partial charge in [-0.1, -0.05) is 29.8 Å². The summed E-state index contributed by atoms with van der Waals surface area (Å²) in [5.41, 5.74) is 2.96. The van der Waals surface area contributed by atoms with Gasteiger partial charge in [0.05, 0.1) is 12.7 Å². The van der Waals surface area contributed by atoms with Gasteiger partial charge in [-0.25, -0.2) is 0 Å². The summed E-state index contributed by atoms with van der Waals surface area (Å²) in [6, 6.07) is 13.1. The van der Waals surface area contributed by atoms with E-state index in [1.54, 1.807) is 7.11 Å². The number of carbonyl (C=O) groups is 1. The first-order chi connectivity index (χ1) is 12.0. The molecule has 0 aliphatic rings. The zero-order chi connectivity index (χ0) is 18.0. The number of ketones is 1. The Kier molecular flexibility index (Phi) is 4.61. The number of benzene rings is 2. The average Bonchev–Trinajstić information content (AvgIpc) is 2.97. The molecule has 0 N–H and O–H groups in total. The number of nitrogens with zero attached hydrogens (tertiary/aromatic N) is 1. The highest BCUT2D eigenvalue weighted by Crippen LogP contribution is 2.32. The Morgan fingerprint density at radius 1 is 1.12 bits per heavy atom. The maximum absolute atomic E-state index is 13.1. The lowest BCUT2D eigenvalue weighted by Gasteiger charge is -2.04. The number of aryl methyl sites for hydroxylation is 1. The standard InChI is InChI=1S/C21H21NO3/c1-14-5-7-15(8-6-14)21(23)20-17-13-16(24-4)9-10-18(17)25-19(20)11-12-22(2)3/h5-13H,1-4H3. The number of rotatable bonds is 5. The molecule has 2 aromatic carbocycles. The maximum Gasteiger partial charge on any atom is 0.197 e. The fourth-order valence-corrected chi connectivity index (χ4v) is 2.64. The quantitative estimate of drug-likeness (QED) is 0.643. The molecule has 0 saturated carbocycles. The zero-order valence-electron chi connectivity index (χ0n) is 14.9. The van der Waals surface area contributed by atoms with Gasteiger partial charge >= 0.3 is 0 Å². The van der Waals surface area contributed by atoms with Crippen molar-refractivity contribution in [3.05, 3.63) is 71.1 Å². The van der Waals surface area contributed by atoms with Crippen molar-refractivity contribution in [2.75, 3.05) is 21.2 Å². The van der Waals surface area contributed by atoms with E-state index in [9.17, 15) is 4.79 Å². The van der Waals surface area contributed by atoms with Crippen LogP contribution in [0.1, 0.15) is 27.2 Å². The highest BCUT2D eigenvalue weighted by atomic mass is 16.5. The molecule has 0 saturated heterocycles. The lowest BCUT2D eigenvalue weighted by atomic mass is 9.99. The smallest absolute Gasteiger partial charge is 0.197 e. The number of furan rings is 1. The van der Waals surface area contributed by atoms with Crippen LogP contribution >= 0.6 is 0 Å². The van der Waals surface area contributed by atoms with Crippen molar-refractivity contribution in [3.63, 3.8) is 0 Å². The molecular formula is C21H21NO3. The zero-order valence-corrected chi connectivity index (χ0v) is 14.9. The molecule has 0 bridgehead atoms. The maximum atomic E-state index is 13.1. The summed E-state index contributed by atoms with van der Waals surface area (Å²) >= 11 is 0. The van der Waals surface area contributed by atoms with Crippen LogP contribution in [0.15, 0.2) is 53.1 Å². The van der Waals surface area contributed by atoms with Crippen LogP contribution in [0.5, 0.6) is 5.75 Å². The second kappa shape index (κ2) is 6.85. The summed E-state index contributed by atoms with van der Waals surface area (Å²) < 4.78 is 11.2. The third-order valence-electron chi connectivity index (χ3n) is 3.99. The Hall–Kier alpha value is -3.01. The second-order valence-corrected chi connectivity index (χ2v) is 6.18. The van der Waals surface area contributed by atoms with Gasteiger partial charge in [-0.15, -0.1) is 0 Å². The van der Waals surface area contributed by atoms with Crippen molar-refractivity contribution in [2.24, 2.45) is 0 Å². The predicted molar refractivity (Wildman–Crippen MR) is 100 cm³/mol. The molecule has 0 aliphatic carbocycles. The lowest BCUT2D eigenvalue weighted by molar-refractivity contribution is 0.103. The van der Waals surface area contributed by atoms with E-state index in [0.717, 1.165) is 10.9 Å². The number of carbonyl (C=O) groups excluding carboxylic acids is 1. The van der Waals surface area contributed by atoms with E-state index in [-0.39, 0.29) is 5.78 Å². The normalized spacial score (nSPS) is 11.2. The summed E-state index contributed by atoms with van der Waals surface area (Å²) in [5.74, 6) is 1.17. The summed E-state index contributed by atoms with van der Waals surface area (Å²) in [6.07, 6.45) is 3.68. The number of methoxy groups -OCH3 is 1. The molecule has 4 heteroatoms. The van der Waals surface area contributed by atoms with Gasteiger partial charge in [-0.3, -0.25) is 4.79 Å². The molecule has 0 radical (unpaired) electrons. The molecule has 3 rings (SSSR count). The van der Waals surface area contributed by atoms with Gasteiger partial charge in [0.25, 0.3) is 0 Å². The molecule has 0 fully saturated rings. The SMILES string of the molecule is COc1ccc2oc(C=CN(C)C)c(C(=O)c3ccc(C)cc3)c2c1. The van der Waals surface area contributed by atoms with Crippen molar-refractivity contribution >= 4 is 22.8 Å². The summed E-state index contributed by atoms with van der Waals surface area (Å²) in [4.78, 5) is 15.0. The highest BCUT2D eigenvalue weighted by molar-refractivity contribution is 6.18. The van der Waals surface area contributed by atoms with Crippen LogP contribution in [0.25, 0.3) is 17.0 Å². The van der Waals surface area contributed by atoms with Crippen molar-refractivity contribution in [1.29, 1.82) is 0 Å². The molecule has 1 aromatic heterocycles. The van der Waals surface area contributed by atoms with E-state index < -0.39 is 0 Å². The third kappa shape index (κ3) is 3.43. The minimum Gasteiger partial charge on any atom is -0.497 e. The Morgan fingerprint density at radius 2 is 1.84 bits per heavy atom. The van der Waals surface area contributed by atoms with Gasteiger partial charge in [0.1, 0.15) is 17.1 Å². The molecule has 25 heavy (non-hydrogen) atoms. The molecule has 1 heterocycles. The van der Waals surface area contributed by atoms with E-state index in [1.165, 1.54) is 0 Å². The molecule has 0 aliphatic heterocycles. The Morgan fingerprint density at radius 3 is 2.48 bits per heavy atom. The van der Waals surface area contributed by atoms with Crippen LogP contribution < -0.4 is 4.74 Å². The molecule has 0 unspecified atom stereocenters. The first kappa shape index (κ1) is 16.8. The van der Waals surface area contributed by atoms with Gasteiger partial charge in [0.2, 0.25) is 0 Å². The monoisotopic (exact) mass is 335 g/mol. The Balaban J connectivity index is 2.19. The van der Waals surface area contributed by atoms with Crippen molar-refractivity contribution in [1.82, 2.24) is 4.90 Å². The van der Waals surface area contributed by atoms with E-state index >= 15 is 0 Å². The number of hydrogen-bond donors (Lipinski definition) is 0. The van der Waals surface area contributed by atoms with Gasteiger partial charge in [0, 0.05) is 31.2 Å². The van der Waals surface area contributed by atoms with Crippen LogP contribution in [0, 0.1) is 6.92 Å². The molecular weight excluding hydrogens is 314 g/mol. The molecule has 4 nitrogen and oxygen atoms in total. The topological polar surface area (TPSA) is 42.7 Å². The molecule has 3 aromatic rings. The number of fused-ring (bicyclic) bond motifs is 1. The largest absolute Gasteiger partial charge is 0.497 e. The van der Waals surface area contributed by atoms with Gasteiger partial charge in [-0.2, -0.15) is 0 Å². The lowest BCUT2D eigenvalue weighted by Crippen LogP contribution is -2.03. The van der Waals surface area contributed by atoms with Crippen LogP contribution in [-0.2, 0) is 0 Å². The molecule has 0 atom stereocenters. The predicted octanol–water partition coefficient (Wildman–Crippen LogP) is 4.51. The van der Waals surface area contributed by atoms with Crippen LogP contribution in [0.3, 0.4) is 0 Å². The summed E-state index contributed by atoms with van der Waals surface area (Å²) in [6.45, 7) is 2.00. The highest BCUT2D eigenvalue weighted by Gasteiger charge is 2.21. The van der Waals surface area contributed by atoms with Crippen LogP contribution in [0.2, 0.25) is 0 Å². The third-order valence-corrected chi connectivity index (χ3v) is 3.99. The van der Waals surface area contributed by atoms with Crippen LogP contribution in [0.4, 0.5) is 0 Å². The van der Waals surface area contributed by atoms with Crippen molar-refractivity contribution in [3.8, 4) is 5.75 Å². The number of ether oxygens (including phenoxy) is 1. The van der Waals surface area contributed by atoms with E-state index in [2.05, 4.69) is 0 Å². The van der Waals surface area contributed by atoms with E-state index in [0.29, 0.717) is 28.2 Å². The van der Waals surface area contributed by atoms with Crippen LogP contribution in [-0.4, -0.2) is 31.9 Å². The molecule has 128 valence electrons. The Labute approximate surface area is 147 Å². The Bertz CT molecular complexity index is 934. The molecule has 0 spiro atoms. The van der Waals surface area contributed by atoms with Gasteiger partial charge in [-0.05, 0) is 31.2 Å². The average molecular weight is 335 g/mol. The fraction of sp³-hybridized carbons (Fsp3) is 0.190. The first-order valence-corrected chi connectivity index (χ1v) is 8.06. The molecule has 0 amide bonds. The number of hydrogen-bond acceptors (Lipinski definition) is 4. The fourth-order valence-electron chi connectivity index (χ4n) is 2.64.